The second kappa shape index (κ2) is 5.06. The molecule has 0 amide bonds. The summed E-state index contributed by atoms with van der Waals surface area (Å²) in [6.07, 6.45) is 5.10. The smallest absolute Gasteiger partial charge is 0.310 e. The molecule has 3 heteroatoms. The van der Waals surface area contributed by atoms with Gasteiger partial charge in [0.1, 0.15) is 0 Å². The van der Waals surface area contributed by atoms with Crippen LogP contribution in [-0.4, -0.2) is 17.6 Å². The van der Waals surface area contributed by atoms with Gasteiger partial charge in [-0.1, -0.05) is 18.1 Å². The van der Waals surface area contributed by atoms with Crippen molar-refractivity contribution in [1.82, 2.24) is 0 Å². The lowest BCUT2D eigenvalue weighted by Crippen LogP contribution is -2.07. The molecule has 0 saturated carbocycles. The molecule has 0 heterocycles. The summed E-state index contributed by atoms with van der Waals surface area (Å²) in [7, 11) is 0. The van der Waals surface area contributed by atoms with E-state index in [0.29, 0.717) is 6.54 Å². The van der Waals surface area contributed by atoms with Crippen LogP contribution in [0.4, 0.5) is 5.69 Å². The molecule has 0 fully saturated rings. The van der Waals surface area contributed by atoms with Crippen molar-refractivity contribution < 1.29 is 9.90 Å². The van der Waals surface area contributed by atoms with E-state index in [4.69, 9.17) is 11.5 Å². The van der Waals surface area contributed by atoms with Crippen molar-refractivity contribution in [1.29, 1.82) is 0 Å². The Kier molecular flexibility index (Phi) is 3.75. The van der Waals surface area contributed by atoms with Crippen LogP contribution in [-0.2, 0) is 4.79 Å². The van der Waals surface area contributed by atoms with E-state index in [0.717, 1.165) is 11.3 Å². The maximum Gasteiger partial charge on any atom is 0.310 e. The summed E-state index contributed by atoms with van der Waals surface area (Å²) in [4.78, 5) is 10.7. The Morgan fingerprint density at radius 2 is 2.13 bits per heavy atom. The van der Waals surface area contributed by atoms with E-state index in [1.54, 1.807) is 19.1 Å². The van der Waals surface area contributed by atoms with Crippen molar-refractivity contribution in [3.63, 3.8) is 0 Å². The molecule has 1 unspecified atom stereocenters. The number of rotatable bonds is 4. The van der Waals surface area contributed by atoms with Gasteiger partial charge in [-0.2, -0.15) is 0 Å². The molecule has 0 aromatic heterocycles. The van der Waals surface area contributed by atoms with Crippen LogP contribution in [0, 0.1) is 12.3 Å². The van der Waals surface area contributed by atoms with Gasteiger partial charge in [0.05, 0.1) is 12.5 Å². The largest absolute Gasteiger partial charge is 0.481 e. The molecule has 0 aliphatic carbocycles. The van der Waals surface area contributed by atoms with Gasteiger partial charge in [0.2, 0.25) is 0 Å². The molecule has 0 aliphatic rings. The van der Waals surface area contributed by atoms with Gasteiger partial charge in [0, 0.05) is 5.69 Å². The third kappa shape index (κ3) is 3.03. The van der Waals surface area contributed by atoms with Gasteiger partial charge in [-0.05, 0) is 24.6 Å². The first-order valence-electron chi connectivity index (χ1n) is 4.65. The van der Waals surface area contributed by atoms with E-state index >= 15 is 0 Å². The topological polar surface area (TPSA) is 49.3 Å². The average Bonchev–Trinajstić information content (AvgIpc) is 2.26. The van der Waals surface area contributed by atoms with Crippen LogP contribution >= 0.6 is 0 Å². The number of carboxylic acid groups (broad SMARTS) is 1. The van der Waals surface area contributed by atoms with Gasteiger partial charge in [-0.15, -0.1) is 6.42 Å². The van der Waals surface area contributed by atoms with E-state index in [-0.39, 0.29) is 0 Å². The van der Waals surface area contributed by atoms with Gasteiger partial charge >= 0.3 is 5.97 Å². The van der Waals surface area contributed by atoms with E-state index in [1.165, 1.54) is 0 Å². The highest BCUT2D eigenvalue weighted by Gasteiger charge is 2.12. The van der Waals surface area contributed by atoms with E-state index < -0.39 is 11.9 Å². The van der Waals surface area contributed by atoms with Gasteiger partial charge in [0.25, 0.3) is 0 Å². The quantitative estimate of drug-likeness (QED) is 0.735. The van der Waals surface area contributed by atoms with Crippen LogP contribution in [0.5, 0.6) is 0 Å². The zero-order valence-electron chi connectivity index (χ0n) is 8.53. The summed E-state index contributed by atoms with van der Waals surface area (Å²) in [5, 5.41) is 11.8. The number of nitrogens with one attached hydrogen (secondary N) is 1. The molecular weight excluding hydrogens is 190 g/mol. The van der Waals surface area contributed by atoms with E-state index in [2.05, 4.69) is 11.2 Å². The normalized spacial score (nSPS) is 11.5. The maximum atomic E-state index is 10.7. The highest BCUT2D eigenvalue weighted by Crippen LogP contribution is 2.17. The van der Waals surface area contributed by atoms with Gasteiger partial charge in [0.15, 0.2) is 0 Å². The fourth-order valence-electron chi connectivity index (χ4n) is 1.19. The molecule has 0 spiro atoms. The van der Waals surface area contributed by atoms with Crippen molar-refractivity contribution in [3.8, 4) is 12.3 Å². The molecule has 0 saturated heterocycles. The van der Waals surface area contributed by atoms with Crippen molar-refractivity contribution in [2.75, 3.05) is 11.9 Å². The lowest BCUT2D eigenvalue weighted by atomic mass is 10.0. The Bertz CT molecular complexity index is 376. The molecule has 0 radical (unpaired) electrons. The molecule has 0 bridgehead atoms. The van der Waals surface area contributed by atoms with Crippen LogP contribution in [0.25, 0.3) is 0 Å². The summed E-state index contributed by atoms with van der Waals surface area (Å²) in [5.41, 5.74) is 1.68. The second-order valence-electron chi connectivity index (χ2n) is 3.24. The van der Waals surface area contributed by atoms with E-state index in [1.807, 2.05) is 12.1 Å². The predicted octanol–water partition coefficient (Wildman–Crippen LogP) is 1.92. The van der Waals surface area contributed by atoms with Crippen LogP contribution < -0.4 is 5.32 Å². The minimum Gasteiger partial charge on any atom is -0.481 e. The number of hydrogen-bond acceptors (Lipinski definition) is 2. The number of carbonyl (C=O) groups is 1. The van der Waals surface area contributed by atoms with Crippen molar-refractivity contribution in [2.45, 2.75) is 12.8 Å². The minimum absolute atomic E-state index is 0.466. The third-order valence-corrected chi connectivity index (χ3v) is 2.18. The predicted molar refractivity (Wildman–Crippen MR) is 59.8 cm³/mol. The number of aliphatic carboxylic acids is 1. The van der Waals surface area contributed by atoms with Gasteiger partial charge < -0.3 is 10.4 Å². The molecule has 78 valence electrons. The minimum atomic E-state index is -0.820. The summed E-state index contributed by atoms with van der Waals surface area (Å²) < 4.78 is 0. The Balaban J connectivity index is 2.72. The summed E-state index contributed by atoms with van der Waals surface area (Å²) in [6, 6.07) is 7.23. The molecule has 0 aliphatic heterocycles. The lowest BCUT2D eigenvalue weighted by molar-refractivity contribution is -0.138. The fourth-order valence-corrected chi connectivity index (χ4v) is 1.19. The second-order valence-corrected chi connectivity index (χ2v) is 3.24. The Labute approximate surface area is 89.1 Å². The first-order valence-corrected chi connectivity index (χ1v) is 4.65. The summed E-state index contributed by atoms with van der Waals surface area (Å²) >= 11 is 0. The van der Waals surface area contributed by atoms with Gasteiger partial charge in [-0.25, -0.2) is 0 Å². The maximum absolute atomic E-state index is 10.7. The third-order valence-electron chi connectivity index (χ3n) is 2.18. The van der Waals surface area contributed by atoms with Crippen LogP contribution in [0.2, 0.25) is 0 Å². The molecule has 2 N–H and O–H groups in total. The van der Waals surface area contributed by atoms with Crippen LogP contribution in [0.3, 0.4) is 0 Å². The first-order chi connectivity index (χ1) is 7.15. The molecule has 1 aromatic carbocycles. The van der Waals surface area contributed by atoms with Crippen LogP contribution in [0.1, 0.15) is 18.4 Å². The number of terminal acetylenes is 1. The zero-order chi connectivity index (χ0) is 11.3. The number of carboxylic acids is 1. The number of hydrogen-bond donors (Lipinski definition) is 2. The molecular formula is C12H13NO2. The molecule has 1 atom stereocenters. The Morgan fingerprint density at radius 3 is 2.60 bits per heavy atom. The Hall–Kier alpha value is -1.95. The molecule has 15 heavy (non-hydrogen) atoms. The molecule has 1 aromatic rings. The van der Waals surface area contributed by atoms with E-state index in [9.17, 15) is 4.79 Å². The average molecular weight is 203 g/mol. The SMILES string of the molecule is C#CCNc1ccc(C(C)C(=O)O)cc1. The standard InChI is InChI=1S/C12H13NO2/c1-3-8-13-11-6-4-10(5-7-11)9(2)12(14)15/h1,4-7,9,13H,8H2,2H3,(H,14,15). The Morgan fingerprint density at radius 1 is 1.53 bits per heavy atom. The van der Waals surface area contributed by atoms with Crippen molar-refractivity contribution in [3.05, 3.63) is 29.8 Å². The highest BCUT2D eigenvalue weighted by molar-refractivity contribution is 5.75. The molecule has 3 nitrogen and oxygen atoms in total. The van der Waals surface area contributed by atoms with Crippen LogP contribution in [0.15, 0.2) is 24.3 Å². The first kappa shape index (κ1) is 11.1. The lowest BCUT2D eigenvalue weighted by Gasteiger charge is -2.08. The monoisotopic (exact) mass is 203 g/mol. The summed E-state index contributed by atoms with van der Waals surface area (Å²) in [6.45, 7) is 2.13. The van der Waals surface area contributed by atoms with Crippen molar-refractivity contribution in [2.24, 2.45) is 0 Å². The van der Waals surface area contributed by atoms with Gasteiger partial charge in [-0.3, -0.25) is 4.79 Å². The number of benzene rings is 1. The fraction of sp³-hybridized carbons (Fsp3) is 0.250. The zero-order valence-corrected chi connectivity index (χ0v) is 8.53. The summed E-state index contributed by atoms with van der Waals surface area (Å²) in [5.74, 6) is 1.17. The highest BCUT2D eigenvalue weighted by atomic mass is 16.4. The molecule has 1 rings (SSSR count). The van der Waals surface area contributed by atoms with Crippen molar-refractivity contribution >= 4 is 11.7 Å². The number of anilines is 1.